The summed E-state index contributed by atoms with van der Waals surface area (Å²) in [6.07, 6.45) is 1.37. The van der Waals surface area contributed by atoms with Gasteiger partial charge in [0.2, 0.25) is 0 Å². The molecule has 1 aromatic rings. The van der Waals surface area contributed by atoms with Gasteiger partial charge in [0.05, 0.1) is 13.2 Å². The van der Waals surface area contributed by atoms with E-state index in [0.29, 0.717) is 5.57 Å². The quantitative estimate of drug-likeness (QED) is 0.329. The van der Waals surface area contributed by atoms with Crippen LogP contribution in [-0.2, 0) is 9.53 Å². The highest BCUT2D eigenvalue weighted by molar-refractivity contribution is 5.92. The van der Waals surface area contributed by atoms with Gasteiger partial charge in [0.1, 0.15) is 10.7 Å². The number of nitrogens with zero attached hydrogens (tertiary/aromatic N) is 1. The van der Waals surface area contributed by atoms with E-state index in [1.54, 1.807) is 0 Å². The number of carbonyl (C=O) groups is 1. The fourth-order valence-corrected chi connectivity index (χ4v) is 0.951. The first kappa shape index (κ1) is 11.0. The molecule has 0 aliphatic carbocycles. The molecule has 0 radical (unpaired) electrons. The Bertz CT molecular complexity index is 418. The molecule has 6 nitrogen and oxygen atoms in total. The number of hydrogen-bond acceptors (Lipinski definition) is 5. The molecule has 1 heterocycles. The highest BCUT2D eigenvalue weighted by Gasteiger charge is 2.11. The number of esters is 1. The van der Waals surface area contributed by atoms with Gasteiger partial charge >= 0.3 is 11.9 Å². The van der Waals surface area contributed by atoms with E-state index >= 15 is 0 Å². The molecule has 0 atom stereocenters. The number of furan rings is 1. The van der Waals surface area contributed by atoms with Crippen molar-refractivity contribution in [1.82, 2.24) is 0 Å². The smallest absolute Gasteiger partial charge is 0.433 e. The second-order valence-corrected chi connectivity index (χ2v) is 2.75. The monoisotopic (exact) mass is 211 g/mol. The SMILES string of the molecule is COC(=O)C(C)=Cc1ccc([N+](=O)[O-])o1. The van der Waals surface area contributed by atoms with Crippen LogP contribution >= 0.6 is 0 Å². The van der Waals surface area contributed by atoms with Crippen molar-refractivity contribution in [3.63, 3.8) is 0 Å². The molecule has 1 aromatic heterocycles. The third-order valence-corrected chi connectivity index (χ3v) is 1.66. The Morgan fingerprint density at radius 1 is 1.60 bits per heavy atom. The minimum atomic E-state index is -0.648. The van der Waals surface area contributed by atoms with Crippen LogP contribution in [0.1, 0.15) is 12.7 Å². The number of methoxy groups -OCH3 is 1. The number of ether oxygens (including phenoxy) is 1. The summed E-state index contributed by atoms with van der Waals surface area (Å²) in [5.41, 5.74) is 0.307. The van der Waals surface area contributed by atoms with Crippen LogP contribution < -0.4 is 0 Å². The Morgan fingerprint density at radius 3 is 2.73 bits per heavy atom. The van der Waals surface area contributed by atoms with Crippen molar-refractivity contribution < 1.29 is 18.9 Å². The molecule has 80 valence electrons. The third-order valence-electron chi connectivity index (χ3n) is 1.66. The van der Waals surface area contributed by atoms with Gasteiger partial charge in [-0.25, -0.2) is 4.79 Å². The van der Waals surface area contributed by atoms with Gasteiger partial charge in [-0.3, -0.25) is 10.1 Å². The van der Waals surface area contributed by atoms with E-state index in [4.69, 9.17) is 4.42 Å². The number of rotatable bonds is 3. The first-order chi connectivity index (χ1) is 7.04. The zero-order valence-electron chi connectivity index (χ0n) is 8.22. The van der Waals surface area contributed by atoms with Crippen molar-refractivity contribution in [2.24, 2.45) is 0 Å². The van der Waals surface area contributed by atoms with Gasteiger partial charge < -0.3 is 9.15 Å². The Balaban J connectivity index is 2.89. The molecule has 6 heteroatoms. The predicted octanol–water partition coefficient (Wildman–Crippen LogP) is 1.76. The molecular formula is C9H9NO5. The maximum Gasteiger partial charge on any atom is 0.433 e. The van der Waals surface area contributed by atoms with Crippen LogP contribution in [0.15, 0.2) is 22.1 Å². The number of hydrogen-bond donors (Lipinski definition) is 0. The third kappa shape index (κ3) is 2.67. The van der Waals surface area contributed by atoms with E-state index in [2.05, 4.69) is 4.74 Å². The van der Waals surface area contributed by atoms with Gasteiger partial charge in [0.15, 0.2) is 0 Å². The van der Waals surface area contributed by atoms with Crippen LogP contribution in [0.2, 0.25) is 0 Å². The second-order valence-electron chi connectivity index (χ2n) is 2.75. The normalized spacial score (nSPS) is 11.2. The van der Waals surface area contributed by atoms with Crippen LogP contribution in [0, 0.1) is 10.1 Å². The molecule has 0 fully saturated rings. The van der Waals surface area contributed by atoms with Crippen LogP contribution in [0.4, 0.5) is 5.88 Å². The minimum Gasteiger partial charge on any atom is -0.466 e. The Kier molecular flexibility index (Phi) is 3.22. The van der Waals surface area contributed by atoms with Gasteiger partial charge in [0, 0.05) is 5.57 Å². The van der Waals surface area contributed by atoms with Crippen LogP contribution in [0.5, 0.6) is 0 Å². The molecule has 0 N–H and O–H groups in total. The first-order valence-electron chi connectivity index (χ1n) is 4.05. The summed E-state index contributed by atoms with van der Waals surface area (Å²) in [6.45, 7) is 1.53. The standard InChI is InChI=1S/C9H9NO5/c1-6(9(11)14-2)5-7-3-4-8(15-7)10(12)13/h3-5H,1-2H3. The van der Waals surface area contributed by atoms with Crippen molar-refractivity contribution in [3.05, 3.63) is 33.6 Å². The van der Waals surface area contributed by atoms with E-state index in [9.17, 15) is 14.9 Å². The largest absolute Gasteiger partial charge is 0.466 e. The van der Waals surface area contributed by atoms with Gasteiger partial charge in [-0.2, -0.15) is 0 Å². The molecule has 0 spiro atoms. The van der Waals surface area contributed by atoms with Crippen LogP contribution in [0.25, 0.3) is 6.08 Å². The molecule has 0 saturated heterocycles. The van der Waals surface area contributed by atoms with Crippen LogP contribution in [-0.4, -0.2) is 18.0 Å². The average Bonchev–Trinajstić information content (AvgIpc) is 2.65. The average molecular weight is 211 g/mol. The highest BCUT2D eigenvalue weighted by Crippen LogP contribution is 2.18. The zero-order valence-corrected chi connectivity index (χ0v) is 8.22. The van der Waals surface area contributed by atoms with E-state index < -0.39 is 10.9 Å². The Hall–Kier alpha value is -2.11. The molecular weight excluding hydrogens is 202 g/mol. The Labute approximate surface area is 85.3 Å². The number of carbonyl (C=O) groups excluding carboxylic acids is 1. The predicted molar refractivity (Wildman–Crippen MR) is 51.0 cm³/mol. The summed E-state index contributed by atoms with van der Waals surface area (Å²) in [5.74, 6) is -0.627. The Morgan fingerprint density at radius 2 is 2.27 bits per heavy atom. The lowest BCUT2D eigenvalue weighted by molar-refractivity contribution is -0.402. The summed E-state index contributed by atoms with van der Waals surface area (Å²) in [5, 5.41) is 10.3. The van der Waals surface area contributed by atoms with Crippen LogP contribution in [0.3, 0.4) is 0 Å². The zero-order chi connectivity index (χ0) is 11.4. The fraction of sp³-hybridized carbons (Fsp3) is 0.222. The summed E-state index contributed by atoms with van der Waals surface area (Å²) >= 11 is 0. The first-order valence-corrected chi connectivity index (χ1v) is 4.05. The van der Waals surface area contributed by atoms with Crippen molar-refractivity contribution in [3.8, 4) is 0 Å². The summed E-state index contributed by atoms with van der Waals surface area (Å²) in [7, 11) is 1.25. The lowest BCUT2D eigenvalue weighted by Crippen LogP contribution is -2.00. The fourth-order valence-electron chi connectivity index (χ4n) is 0.951. The molecule has 0 saturated carbocycles. The maximum absolute atomic E-state index is 11.0. The summed E-state index contributed by atoms with van der Waals surface area (Å²) in [4.78, 5) is 20.6. The molecule has 0 amide bonds. The molecule has 0 bridgehead atoms. The van der Waals surface area contributed by atoms with Crippen molar-refractivity contribution in [2.45, 2.75) is 6.92 Å². The lowest BCUT2D eigenvalue weighted by atomic mass is 10.2. The maximum atomic E-state index is 11.0. The highest BCUT2D eigenvalue weighted by atomic mass is 16.6. The van der Waals surface area contributed by atoms with Gasteiger partial charge in [-0.05, 0) is 19.1 Å². The van der Waals surface area contributed by atoms with Gasteiger partial charge in [-0.1, -0.05) is 0 Å². The van der Waals surface area contributed by atoms with E-state index in [-0.39, 0.29) is 11.6 Å². The summed E-state index contributed by atoms with van der Waals surface area (Å²) in [6, 6.07) is 2.63. The van der Waals surface area contributed by atoms with E-state index in [0.717, 1.165) is 0 Å². The van der Waals surface area contributed by atoms with Gasteiger partial charge in [-0.15, -0.1) is 0 Å². The summed E-state index contributed by atoms with van der Waals surface area (Å²) < 4.78 is 9.28. The van der Waals surface area contributed by atoms with Gasteiger partial charge in [0.25, 0.3) is 0 Å². The molecule has 0 aliphatic heterocycles. The van der Waals surface area contributed by atoms with E-state index in [1.807, 2.05) is 0 Å². The minimum absolute atomic E-state index is 0.240. The molecule has 1 rings (SSSR count). The van der Waals surface area contributed by atoms with Crippen molar-refractivity contribution in [1.29, 1.82) is 0 Å². The lowest BCUT2D eigenvalue weighted by Gasteiger charge is -1.95. The second kappa shape index (κ2) is 4.41. The van der Waals surface area contributed by atoms with E-state index in [1.165, 1.54) is 32.2 Å². The topological polar surface area (TPSA) is 82.6 Å². The molecule has 15 heavy (non-hydrogen) atoms. The molecule has 0 aliphatic rings. The molecule has 0 aromatic carbocycles. The van der Waals surface area contributed by atoms with Crippen molar-refractivity contribution in [2.75, 3.05) is 7.11 Å². The molecule has 0 unspecified atom stereocenters. The number of nitro groups is 1. The van der Waals surface area contributed by atoms with Crippen molar-refractivity contribution >= 4 is 17.9 Å².